The number of hydrogen-bond acceptors (Lipinski definition) is 3. The minimum absolute atomic E-state index is 0.0598. The highest BCUT2D eigenvalue weighted by Gasteiger charge is 2.21. The van der Waals surface area contributed by atoms with Gasteiger partial charge in [-0.3, -0.25) is 4.79 Å². The topological polar surface area (TPSA) is 64.3 Å². The van der Waals surface area contributed by atoms with Crippen LogP contribution in [0, 0.1) is 12.8 Å². The molecule has 3 N–H and O–H groups in total. The SMILES string of the molecule is Cc1ccc(N)cc1NC(=O)C1CCOCC1. The molecule has 1 saturated heterocycles. The van der Waals surface area contributed by atoms with E-state index in [9.17, 15) is 4.79 Å². The van der Waals surface area contributed by atoms with Crippen LogP contribution in [0.25, 0.3) is 0 Å². The van der Waals surface area contributed by atoms with Gasteiger partial charge in [-0.05, 0) is 37.5 Å². The van der Waals surface area contributed by atoms with Gasteiger partial charge in [0, 0.05) is 30.5 Å². The van der Waals surface area contributed by atoms with Gasteiger partial charge in [-0.25, -0.2) is 0 Å². The lowest BCUT2D eigenvalue weighted by molar-refractivity contribution is -0.122. The Morgan fingerprint density at radius 3 is 2.82 bits per heavy atom. The number of anilines is 2. The Kier molecular flexibility index (Phi) is 3.64. The molecule has 92 valence electrons. The molecule has 0 aliphatic carbocycles. The van der Waals surface area contributed by atoms with E-state index in [1.807, 2.05) is 19.1 Å². The van der Waals surface area contributed by atoms with Crippen LogP contribution in [-0.2, 0) is 9.53 Å². The largest absolute Gasteiger partial charge is 0.399 e. The van der Waals surface area contributed by atoms with Crippen molar-refractivity contribution in [1.29, 1.82) is 0 Å². The summed E-state index contributed by atoms with van der Waals surface area (Å²) in [7, 11) is 0. The summed E-state index contributed by atoms with van der Waals surface area (Å²) in [6.07, 6.45) is 1.60. The molecule has 0 bridgehead atoms. The fourth-order valence-corrected chi connectivity index (χ4v) is 1.97. The number of nitrogens with one attached hydrogen (secondary N) is 1. The van der Waals surface area contributed by atoms with Crippen LogP contribution in [0.2, 0.25) is 0 Å². The summed E-state index contributed by atoms with van der Waals surface area (Å²) >= 11 is 0. The fraction of sp³-hybridized carbons (Fsp3) is 0.462. The normalized spacial score (nSPS) is 16.8. The van der Waals surface area contributed by atoms with Crippen LogP contribution in [0.4, 0.5) is 11.4 Å². The van der Waals surface area contributed by atoms with E-state index >= 15 is 0 Å². The lowest BCUT2D eigenvalue weighted by Crippen LogP contribution is -2.28. The predicted molar refractivity (Wildman–Crippen MR) is 67.8 cm³/mol. The van der Waals surface area contributed by atoms with E-state index in [1.165, 1.54) is 0 Å². The van der Waals surface area contributed by atoms with E-state index in [4.69, 9.17) is 10.5 Å². The Labute approximate surface area is 101 Å². The Bertz CT molecular complexity index is 412. The van der Waals surface area contributed by atoms with Gasteiger partial charge in [-0.15, -0.1) is 0 Å². The summed E-state index contributed by atoms with van der Waals surface area (Å²) < 4.78 is 5.24. The van der Waals surface area contributed by atoms with Crippen LogP contribution in [0.1, 0.15) is 18.4 Å². The van der Waals surface area contributed by atoms with Gasteiger partial charge in [-0.1, -0.05) is 6.07 Å². The smallest absolute Gasteiger partial charge is 0.227 e. The lowest BCUT2D eigenvalue weighted by atomic mass is 9.99. The second-order valence-corrected chi connectivity index (χ2v) is 4.45. The summed E-state index contributed by atoms with van der Waals surface area (Å²) in [6.45, 7) is 3.31. The first-order valence-electron chi connectivity index (χ1n) is 5.91. The molecule has 2 rings (SSSR count). The molecule has 0 atom stereocenters. The van der Waals surface area contributed by atoms with Crippen molar-refractivity contribution < 1.29 is 9.53 Å². The molecule has 0 aromatic heterocycles. The molecule has 1 amide bonds. The highest BCUT2D eigenvalue weighted by molar-refractivity contribution is 5.93. The van der Waals surface area contributed by atoms with Crippen LogP contribution in [0.5, 0.6) is 0 Å². The molecule has 1 aromatic rings. The maximum absolute atomic E-state index is 12.0. The third-order valence-corrected chi connectivity index (χ3v) is 3.11. The highest BCUT2D eigenvalue weighted by Crippen LogP contribution is 2.21. The van der Waals surface area contributed by atoms with Crippen molar-refractivity contribution in [3.63, 3.8) is 0 Å². The van der Waals surface area contributed by atoms with Crippen LogP contribution in [0.15, 0.2) is 18.2 Å². The van der Waals surface area contributed by atoms with E-state index in [0.29, 0.717) is 18.9 Å². The first-order chi connectivity index (χ1) is 8.16. The molecule has 0 saturated carbocycles. The average Bonchev–Trinajstić information content (AvgIpc) is 2.35. The van der Waals surface area contributed by atoms with E-state index in [1.54, 1.807) is 6.07 Å². The molecule has 1 aliphatic rings. The monoisotopic (exact) mass is 234 g/mol. The van der Waals surface area contributed by atoms with E-state index in [2.05, 4.69) is 5.32 Å². The van der Waals surface area contributed by atoms with Crippen molar-refractivity contribution in [2.75, 3.05) is 24.3 Å². The first-order valence-corrected chi connectivity index (χ1v) is 5.91. The van der Waals surface area contributed by atoms with E-state index in [0.717, 1.165) is 24.1 Å². The van der Waals surface area contributed by atoms with Gasteiger partial charge < -0.3 is 15.8 Å². The number of hydrogen-bond donors (Lipinski definition) is 2. The number of carbonyl (C=O) groups is 1. The zero-order chi connectivity index (χ0) is 12.3. The number of carbonyl (C=O) groups excluding carboxylic acids is 1. The molecular formula is C13H18N2O2. The summed E-state index contributed by atoms with van der Waals surface area (Å²) in [5.41, 5.74) is 8.21. The molecule has 1 aromatic carbocycles. The number of ether oxygens (including phenoxy) is 1. The molecule has 17 heavy (non-hydrogen) atoms. The van der Waals surface area contributed by atoms with Gasteiger partial charge >= 0.3 is 0 Å². The van der Waals surface area contributed by atoms with Gasteiger partial charge in [0.1, 0.15) is 0 Å². The molecule has 1 heterocycles. The summed E-state index contributed by atoms with van der Waals surface area (Å²) in [5, 5.41) is 2.95. The quantitative estimate of drug-likeness (QED) is 0.769. The fourth-order valence-electron chi connectivity index (χ4n) is 1.97. The van der Waals surface area contributed by atoms with Crippen molar-refractivity contribution in [1.82, 2.24) is 0 Å². The minimum Gasteiger partial charge on any atom is -0.399 e. The third kappa shape index (κ3) is 2.97. The summed E-state index contributed by atoms with van der Waals surface area (Å²) in [6, 6.07) is 5.54. The molecule has 0 unspecified atom stereocenters. The van der Waals surface area contributed by atoms with Crippen molar-refractivity contribution in [3.05, 3.63) is 23.8 Å². The Morgan fingerprint density at radius 1 is 1.41 bits per heavy atom. The minimum atomic E-state index is 0.0598. The number of benzene rings is 1. The number of aryl methyl sites for hydroxylation is 1. The Hall–Kier alpha value is -1.55. The van der Waals surface area contributed by atoms with Crippen LogP contribution >= 0.6 is 0 Å². The first kappa shape index (κ1) is 11.9. The maximum Gasteiger partial charge on any atom is 0.227 e. The maximum atomic E-state index is 12.0. The van der Waals surface area contributed by atoms with Gasteiger partial charge in [0.05, 0.1) is 0 Å². The zero-order valence-electron chi connectivity index (χ0n) is 10.0. The molecule has 4 nitrogen and oxygen atoms in total. The second-order valence-electron chi connectivity index (χ2n) is 4.45. The van der Waals surface area contributed by atoms with Gasteiger partial charge in [0.2, 0.25) is 5.91 Å². The van der Waals surface area contributed by atoms with Crippen molar-refractivity contribution >= 4 is 17.3 Å². The van der Waals surface area contributed by atoms with Gasteiger partial charge in [0.15, 0.2) is 0 Å². The van der Waals surface area contributed by atoms with E-state index in [-0.39, 0.29) is 11.8 Å². The third-order valence-electron chi connectivity index (χ3n) is 3.11. The zero-order valence-corrected chi connectivity index (χ0v) is 10.0. The number of amides is 1. The van der Waals surface area contributed by atoms with Crippen molar-refractivity contribution in [2.24, 2.45) is 5.92 Å². The van der Waals surface area contributed by atoms with Gasteiger partial charge in [0.25, 0.3) is 0 Å². The van der Waals surface area contributed by atoms with Crippen molar-refractivity contribution in [3.8, 4) is 0 Å². The standard InChI is InChI=1S/C13H18N2O2/c1-9-2-3-11(14)8-12(9)15-13(16)10-4-6-17-7-5-10/h2-3,8,10H,4-7,14H2,1H3,(H,15,16). The second kappa shape index (κ2) is 5.19. The molecule has 1 aliphatic heterocycles. The predicted octanol–water partition coefficient (Wildman–Crippen LogP) is 1.94. The molecule has 4 heteroatoms. The number of nitrogen functional groups attached to an aromatic ring is 1. The van der Waals surface area contributed by atoms with Crippen molar-refractivity contribution in [2.45, 2.75) is 19.8 Å². The molecular weight excluding hydrogens is 216 g/mol. The summed E-state index contributed by atoms with van der Waals surface area (Å²) in [4.78, 5) is 12.0. The lowest BCUT2D eigenvalue weighted by Gasteiger charge is -2.21. The van der Waals surface area contributed by atoms with Crippen LogP contribution in [0.3, 0.4) is 0 Å². The average molecular weight is 234 g/mol. The van der Waals surface area contributed by atoms with Crippen LogP contribution < -0.4 is 11.1 Å². The van der Waals surface area contributed by atoms with Crippen LogP contribution in [-0.4, -0.2) is 19.1 Å². The Morgan fingerprint density at radius 2 is 2.12 bits per heavy atom. The number of rotatable bonds is 2. The Balaban J connectivity index is 2.04. The highest BCUT2D eigenvalue weighted by atomic mass is 16.5. The molecule has 0 spiro atoms. The van der Waals surface area contributed by atoms with Gasteiger partial charge in [-0.2, -0.15) is 0 Å². The summed E-state index contributed by atoms with van der Waals surface area (Å²) in [5.74, 6) is 0.131. The number of nitrogens with two attached hydrogens (primary N) is 1. The molecule has 1 fully saturated rings. The van der Waals surface area contributed by atoms with E-state index < -0.39 is 0 Å². The molecule has 0 radical (unpaired) electrons.